The zero-order valence-electron chi connectivity index (χ0n) is 30.5. The van der Waals surface area contributed by atoms with E-state index in [9.17, 15) is 14.4 Å². The number of likely N-dealkylation sites (tertiary alicyclic amines) is 1. The third-order valence-electron chi connectivity index (χ3n) is 13.6. The van der Waals surface area contributed by atoms with E-state index in [-0.39, 0.29) is 41.9 Å². The molecule has 0 amide bonds. The van der Waals surface area contributed by atoms with Gasteiger partial charge < -0.3 is 42.6 Å². The van der Waals surface area contributed by atoms with Crippen LogP contribution in [0.5, 0.6) is 11.5 Å². The van der Waals surface area contributed by atoms with Crippen molar-refractivity contribution in [3.63, 3.8) is 0 Å². The fourth-order valence-corrected chi connectivity index (χ4v) is 12.6. The van der Waals surface area contributed by atoms with Crippen LogP contribution in [0, 0.1) is 35.0 Å². The Kier molecular flexibility index (Phi) is 8.94. The minimum Gasteiger partial charge on any atom is -0.493 e. The van der Waals surface area contributed by atoms with Crippen molar-refractivity contribution in [2.24, 2.45) is 35.0 Å². The first-order valence-corrected chi connectivity index (χ1v) is 17.6. The number of ether oxygens (including phenoxy) is 9. The lowest BCUT2D eigenvalue weighted by molar-refractivity contribution is -0.313. The molecule has 1 aliphatic heterocycles. The first kappa shape index (κ1) is 35.4. The van der Waals surface area contributed by atoms with Gasteiger partial charge in [0.1, 0.15) is 23.4 Å². The molecular formula is C37H51NO12. The molecule has 1 heterocycles. The zero-order valence-corrected chi connectivity index (χ0v) is 30.5. The summed E-state index contributed by atoms with van der Waals surface area (Å²) in [6, 6.07) is 4.81. The highest BCUT2D eigenvalue weighted by molar-refractivity contribution is 5.90. The van der Waals surface area contributed by atoms with Gasteiger partial charge in [0.25, 0.3) is 0 Å². The highest BCUT2D eigenvalue weighted by Crippen LogP contribution is 2.79. The summed E-state index contributed by atoms with van der Waals surface area (Å²) in [5, 5.41) is 0. The molecule has 1 saturated heterocycles. The first-order chi connectivity index (χ1) is 24.0. The standard InChI is InChI=1S/C37H51NO12/c1-10-38-17-36(47-9)26(48-18(2)39)15-27(45-7)37-22-14-21-25(44-6)16-35(50-19(3)40,29(33(37)38)31(46-8)32(36)37)28(22)30(21)49-34(41)20-11-12-23(42-4)24(13-20)43-5/h11-13,21-22,25-33H,10,14-17H2,1-9H3/t21-,22-,25+,26-,27?,28-,29-,30+,31+,32-,33?,35-,36+,37?/m1/s1. The molecule has 0 radical (unpaired) electrons. The maximum absolute atomic E-state index is 14.1. The Bertz CT molecular complexity index is 1520. The Morgan fingerprint density at radius 2 is 1.56 bits per heavy atom. The van der Waals surface area contributed by atoms with Crippen LogP contribution in [0.15, 0.2) is 18.2 Å². The number of rotatable bonds is 11. The monoisotopic (exact) mass is 701 g/mol. The van der Waals surface area contributed by atoms with E-state index in [2.05, 4.69) is 11.8 Å². The Hall–Kier alpha value is -2.97. The van der Waals surface area contributed by atoms with E-state index < -0.39 is 58.8 Å². The summed E-state index contributed by atoms with van der Waals surface area (Å²) in [4.78, 5) is 42.5. The molecule has 0 aromatic heterocycles. The Morgan fingerprint density at radius 1 is 0.820 bits per heavy atom. The number of carbonyl (C=O) groups is 3. The SMILES string of the molecule is CCN1C[C@]2(OC)[C@H](OC(C)=O)CC(OC)C34C1[C@@H]([C@H](OC)[C@@H]32)[C@@]1(OC(C)=O)C[C@H](OC)[C@H]2C[C@@H]4[C@@H]1[C@H]2OC(=O)c1ccc(OC)c(OC)c1. The Labute approximate surface area is 293 Å². The van der Waals surface area contributed by atoms with E-state index in [1.807, 2.05) is 0 Å². The van der Waals surface area contributed by atoms with Crippen molar-refractivity contribution in [2.45, 2.75) is 87.8 Å². The molecule has 6 aliphatic rings. The van der Waals surface area contributed by atoms with Gasteiger partial charge in [0.15, 0.2) is 11.5 Å². The maximum Gasteiger partial charge on any atom is 0.338 e. The van der Waals surface area contributed by atoms with Crippen molar-refractivity contribution in [3.8, 4) is 11.5 Å². The summed E-state index contributed by atoms with van der Waals surface area (Å²) in [6.45, 7) is 6.14. The molecule has 50 heavy (non-hydrogen) atoms. The normalized spacial score (nSPS) is 43.6. The second-order valence-electron chi connectivity index (χ2n) is 14.9. The number of carbonyl (C=O) groups excluding carboxylic acids is 3. The predicted octanol–water partition coefficient (Wildman–Crippen LogP) is 2.90. The summed E-state index contributed by atoms with van der Waals surface area (Å²) in [6.07, 6.45) is -0.982. The number of piperidine rings is 1. The molecule has 13 nitrogen and oxygen atoms in total. The number of hydrogen-bond donors (Lipinski definition) is 0. The minimum atomic E-state index is -1.12. The van der Waals surface area contributed by atoms with Gasteiger partial charge in [-0.1, -0.05) is 6.92 Å². The number of likely N-dealkylation sites (N-methyl/N-ethyl adjacent to an activating group) is 1. The van der Waals surface area contributed by atoms with Gasteiger partial charge in [-0.3, -0.25) is 14.5 Å². The largest absolute Gasteiger partial charge is 0.493 e. The quantitative estimate of drug-likeness (QED) is 0.247. The fourth-order valence-electron chi connectivity index (χ4n) is 12.6. The van der Waals surface area contributed by atoms with Gasteiger partial charge in [-0.05, 0) is 37.1 Å². The molecule has 14 atom stereocenters. The van der Waals surface area contributed by atoms with E-state index in [1.54, 1.807) is 46.6 Å². The van der Waals surface area contributed by atoms with Crippen LogP contribution < -0.4 is 9.47 Å². The Balaban J connectivity index is 1.44. The van der Waals surface area contributed by atoms with Gasteiger partial charge in [0.2, 0.25) is 0 Å². The van der Waals surface area contributed by atoms with Crippen LogP contribution >= 0.6 is 0 Å². The van der Waals surface area contributed by atoms with Crippen LogP contribution in [0.3, 0.4) is 0 Å². The molecule has 3 unspecified atom stereocenters. The van der Waals surface area contributed by atoms with Crippen molar-refractivity contribution in [3.05, 3.63) is 23.8 Å². The highest BCUT2D eigenvalue weighted by Gasteiger charge is 2.89. The summed E-state index contributed by atoms with van der Waals surface area (Å²) in [5.74, 6) is -1.83. The van der Waals surface area contributed by atoms with Crippen molar-refractivity contribution in [1.29, 1.82) is 0 Å². The lowest BCUT2D eigenvalue weighted by Crippen LogP contribution is -2.81. The van der Waals surface area contributed by atoms with Crippen LogP contribution in [0.25, 0.3) is 0 Å². The first-order valence-electron chi connectivity index (χ1n) is 17.6. The Morgan fingerprint density at radius 3 is 2.14 bits per heavy atom. The lowest BCUT2D eigenvalue weighted by atomic mass is 9.44. The molecule has 276 valence electrons. The average molecular weight is 702 g/mol. The van der Waals surface area contributed by atoms with Crippen molar-refractivity contribution < 1.29 is 57.0 Å². The molecule has 6 fully saturated rings. The van der Waals surface area contributed by atoms with E-state index in [1.165, 1.54) is 28.1 Å². The maximum atomic E-state index is 14.1. The highest BCUT2D eigenvalue weighted by atomic mass is 16.6. The molecule has 1 spiro atoms. The van der Waals surface area contributed by atoms with Gasteiger partial charge in [0, 0.05) is 96.8 Å². The van der Waals surface area contributed by atoms with Crippen LogP contribution in [-0.4, -0.2) is 126 Å². The van der Waals surface area contributed by atoms with Crippen LogP contribution in [0.4, 0.5) is 0 Å². The van der Waals surface area contributed by atoms with Crippen LogP contribution in [-0.2, 0) is 42.7 Å². The summed E-state index contributed by atoms with van der Waals surface area (Å²) >= 11 is 0. The average Bonchev–Trinajstić information content (AvgIpc) is 3.52. The number of nitrogens with zero attached hydrogens (tertiary/aromatic N) is 1. The van der Waals surface area contributed by atoms with Gasteiger partial charge >= 0.3 is 17.9 Å². The fraction of sp³-hybridized carbons (Fsp3) is 0.757. The molecule has 1 aromatic carbocycles. The van der Waals surface area contributed by atoms with E-state index in [0.29, 0.717) is 49.4 Å². The minimum absolute atomic E-state index is 0.133. The summed E-state index contributed by atoms with van der Waals surface area (Å²) < 4.78 is 56.3. The topological polar surface area (TPSA) is 138 Å². The van der Waals surface area contributed by atoms with E-state index in [0.717, 1.165) is 0 Å². The van der Waals surface area contributed by atoms with E-state index in [4.69, 9.17) is 42.6 Å². The van der Waals surface area contributed by atoms with Crippen molar-refractivity contribution in [1.82, 2.24) is 4.90 Å². The van der Waals surface area contributed by atoms with Crippen molar-refractivity contribution >= 4 is 17.9 Å². The second kappa shape index (κ2) is 12.6. The predicted molar refractivity (Wildman–Crippen MR) is 176 cm³/mol. The molecule has 5 aliphatic carbocycles. The number of hydrogen-bond acceptors (Lipinski definition) is 13. The van der Waals surface area contributed by atoms with E-state index >= 15 is 0 Å². The molecule has 5 saturated carbocycles. The van der Waals surface area contributed by atoms with Crippen LogP contribution in [0.2, 0.25) is 0 Å². The van der Waals surface area contributed by atoms with Crippen molar-refractivity contribution in [2.75, 3.05) is 55.7 Å². The second-order valence-corrected chi connectivity index (χ2v) is 14.9. The summed E-state index contributed by atoms with van der Waals surface area (Å²) in [7, 11) is 9.82. The number of fused-ring (bicyclic) bond motifs is 2. The molecule has 7 bridgehead atoms. The van der Waals surface area contributed by atoms with Gasteiger partial charge in [0.05, 0.1) is 38.1 Å². The smallest absolute Gasteiger partial charge is 0.338 e. The number of benzene rings is 1. The zero-order chi connectivity index (χ0) is 35.9. The molecule has 1 aromatic rings. The van der Waals surface area contributed by atoms with Gasteiger partial charge in [-0.25, -0.2) is 4.79 Å². The molecule has 13 heteroatoms. The summed E-state index contributed by atoms with van der Waals surface area (Å²) in [5.41, 5.74) is -2.34. The molecule has 7 rings (SSSR count). The van der Waals surface area contributed by atoms with Crippen LogP contribution in [0.1, 0.15) is 50.4 Å². The molecule has 0 N–H and O–H groups in total. The van der Waals surface area contributed by atoms with Gasteiger partial charge in [-0.15, -0.1) is 0 Å². The third kappa shape index (κ3) is 4.45. The third-order valence-corrected chi connectivity index (χ3v) is 13.6. The number of esters is 3. The lowest BCUT2D eigenvalue weighted by Gasteiger charge is -2.69. The number of methoxy groups -OCH3 is 6. The van der Waals surface area contributed by atoms with Gasteiger partial charge in [-0.2, -0.15) is 0 Å². The molecular weight excluding hydrogens is 650 g/mol.